The number of benzene rings is 2. The van der Waals surface area contributed by atoms with E-state index in [2.05, 4.69) is 28.8 Å². The number of carbonyl (C=O) groups excluding carboxylic acids is 1. The van der Waals surface area contributed by atoms with Crippen molar-refractivity contribution < 1.29 is 13.9 Å². The van der Waals surface area contributed by atoms with E-state index in [0.29, 0.717) is 17.9 Å². The van der Waals surface area contributed by atoms with Crippen molar-refractivity contribution in [2.45, 2.75) is 46.8 Å². The fourth-order valence-electron chi connectivity index (χ4n) is 2.55. The first-order valence-corrected chi connectivity index (χ1v) is 8.23. The second-order valence-electron chi connectivity index (χ2n) is 7.17. The van der Waals surface area contributed by atoms with Crippen LogP contribution >= 0.6 is 0 Å². The van der Waals surface area contributed by atoms with Crippen LogP contribution in [0, 0.1) is 19.7 Å². The molecule has 0 heterocycles. The third-order valence-electron chi connectivity index (χ3n) is 3.38. The number of aryl methyl sites for hydroxylation is 2. The maximum Gasteiger partial charge on any atom is 0.412 e. The van der Waals surface area contributed by atoms with Gasteiger partial charge in [0.05, 0.1) is 11.4 Å². The van der Waals surface area contributed by atoms with Crippen molar-refractivity contribution >= 4 is 17.5 Å². The predicted molar refractivity (Wildman–Crippen MR) is 99.5 cm³/mol. The molecule has 134 valence electrons. The first-order valence-electron chi connectivity index (χ1n) is 8.23. The molecule has 0 unspecified atom stereocenters. The van der Waals surface area contributed by atoms with Crippen LogP contribution in [0.25, 0.3) is 0 Å². The number of amides is 1. The molecule has 0 saturated heterocycles. The molecule has 0 atom stereocenters. The minimum atomic E-state index is -0.600. The zero-order valence-corrected chi connectivity index (χ0v) is 15.4. The Morgan fingerprint density at radius 2 is 1.68 bits per heavy atom. The molecule has 0 aromatic heterocycles. The van der Waals surface area contributed by atoms with E-state index in [0.717, 1.165) is 5.56 Å². The van der Waals surface area contributed by atoms with Crippen LogP contribution in [0.5, 0.6) is 0 Å². The number of hydrogen-bond donors (Lipinski definition) is 2. The van der Waals surface area contributed by atoms with Crippen molar-refractivity contribution in [1.29, 1.82) is 0 Å². The molecule has 0 aliphatic heterocycles. The van der Waals surface area contributed by atoms with E-state index in [9.17, 15) is 9.18 Å². The number of hydrogen-bond acceptors (Lipinski definition) is 3. The van der Waals surface area contributed by atoms with Crippen molar-refractivity contribution in [1.82, 2.24) is 0 Å². The van der Waals surface area contributed by atoms with Gasteiger partial charge in [-0.15, -0.1) is 0 Å². The molecule has 0 fully saturated rings. The summed E-state index contributed by atoms with van der Waals surface area (Å²) >= 11 is 0. The molecule has 2 rings (SSSR count). The highest BCUT2D eigenvalue weighted by atomic mass is 19.1. The lowest BCUT2D eigenvalue weighted by Gasteiger charge is -2.20. The first kappa shape index (κ1) is 18.8. The molecular weight excluding hydrogens is 319 g/mol. The molecule has 0 aliphatic carbocycles. The second-order valence-corrected chi connectivity index (χ2v) is 7.17. The molecule has 4 nitrogen and oxygen atoms in total. The van der Waals surface area contributed by atoms with E-state index in [4.69, 9.17) is 4.74 Å². The van der Waals surface area contributed by atoms with Crippen LogP contribution in [0.1, 0.15) is 37.5 Å². The third-order valence-corrected chi connectivity index (χ3v) is 3.38. The molecule has 5 heteroatoms. The summed E-state index contributed by atoms with van der Waals surface area (Å²) in [4.78, 5) is 12.0. The van der Waals surface area contributed by atoms with Gasteiger partial charge in [0.25, 0.3) is 0 Å². The average molecular weight is 344 g/mol. The Kier molecular flexibility index (Phi) is 5.67. The maximum atomic E-state index is 13.6. The molecule has 1 amide bonds. The fraction of sp³-hybridized carbons (Fsp3) is 0.350. The highest BCUT2D eigenvalue weighted by molar-refractivity contribution is 5.89. The normalized spacial score (nSPS) is 11.1. The molecule has 0 aliphatic rings. The molecule has 0 saturated carbocycles. The van der Waals surface area contributed by atoms with Crippen molar-refractivity contribution in [3.8, 4) is 0 Å². The lowest BCUT2D eigenvalue weighted by atomic mass is 10.1. The van der Waals surface area contributed by atoms with E-state index in [1.807, 2.05) is 13.8 Å². The van der Waals surface area contributed by atoms with Gasteiger partial charge >= 0.3 is 6.09 Å². The Morgan fingerprint density at radius 3 is 2.28 bits per heavy atom. The Hall–Kier alpha value is -2.56. The van der Waals surface area contributed by atoms with Gasteiger partial charge in [-0.2, -0.15) is 0 Å². The fourth-order valence-corrected chi connectivity index (χ4v) is 2.55. The van der Waals surface area contributed by atoms with Crippen LogP contribution in [0.2, 0.25) is 0 Å². The Morgan fingerprint density at radius 1 is 1.04 bits per heavy atom. The molecule has 2 aromatic carbocycles. The number of carbonyl (C=O) groups is 1. The van der Waals surface area contributed by atoms with Gasteiger partial charge in [0.2, 0.25) is 0 Å². The van der Waals surface area contributed by atoms with Crippen LogP contribution in [0.4, 0.5) is 20.6 Å². The maximum absolute atomic E-state index is 13.6. The Labute approximate surface area is 148 Å². The van der Waals surface area contributed by atoms with Crippen molar-refractivity contribution in [3.05, 3.63) is 58.9 Å². The highest BCUT2D eigenvalue weighted by Gasteiger charge is 2.17. The van der Waals surface area contributed by atoms with E-state index in [-0.39, 0.29) is 5.82 Å². The van der Waals surface area contributed by atoms with Gasteiger partial charge in [-0.1, -0.05) is 29.3 Å². The van der Waals surface area contributed by atoms with Crippen LogP contribution in [0.15, 0.2) is 36.4 Å². The zero-order chi connectivity index (χ0) is 18.6. The summed E-state index contributed by atoms with van der Waals surface area (Å²) in [5, 5.41) is 5.85. The summed E-state index contributed by atoms with van der Waals surface area (Å²) in [6.45, 7) is 9.96. The molecule has 25 heavy (non-hydrogen) atoms. The van der Waals surface area contributed by atoms with E-state index in [1.54, 1.807) is 20.8 Å². The standard InChI is InChI=1S/C20H25FN2O2/c1-13-8-14(2)10-15(9-13)12-22-18-11-16(21)6-7-17(18)23-19(24)25-20(3,4)5/h6-11,22H,12H2,1-5H3,(H,23,24). The summed E-state index contributed by atoms with van der Waals surface area (Å²) in [7, 11) is 0. The number of rotatable bonds is 4. The van der Waals surface area contributed by atoms with Gasteiger partial charge < -0.3 is 10.1 Å². The van der Waals surface area contributed by atoms with Crippen LogP contribution < -0.4 is 10.6 Å². The largest absolute Gasteiger partial charge is 0.444 e. The Balaban J connectivity index is 2.14. The quantitative estimate of drug-likeness (QED) is 0.780. The molecule has 0 radical (unpaired) electrons. The number of nitrogens with one attached hydrogen (secondary N) is 2. The monoisotopic (exact) mass is 344 g/mol. The lowest BCUT2D eigenvalue weighted by molar-refractivity contribution is 0.0636. The molecule has 2 aromatic rings. The lowest BCUT2D eigenvalue weighted by Crippen LogP contribution is -2.27. The summed E-state index contributed by atoms with van der Waals surface area (Å²) in [5.41, 5.74) is 3.80. The topological polar surface area (TPSA) is 50.4 Å². The third kappa shape index (κ3) is 6.10. The van der Waals surface area contributed by atoms with Gasteiger partial charge in [0.15, 0.2) is 0 Å². The number of ether oxygens (including phenoxy) is 1. The molecule has 0 spiro atoms. The van der Waals surface area contributed by atoms with Gasteiger partial charge in [-0.3, -0.25) is 5.32 Å². The van der Waals surface area contributed by atoms with E-state index >= 15 is 0 Å². The van der Waals surface area contributed by atoms with Crippen molar-refractivity contribution in [2.75, 3.05) is 10.6 Å². The average Bonchev–Trinajstić information content (AvgIpc) is 2.44. The van der Waals surface area contributed by atoms with Crippen LogP contribution in [-0.2, 0) is 11.3 Å². The number of halogens is 1. The zero-order valence-electron chi connectivity index (χ0n) is 15.4. The SMILES string of the molecule is Cc1cc(C)cc(CNc2cc(F)ccc2NC(=O)OC(C)(C)C)c1. The van der Waals surface area contributed by atoms with Gasteiger partial charge in [0.1, 0.15) is 11.4 Å². The first-order chi connectivity index (χ1) is 11.6. The summed E-state index contributed by atoms with van der Waals surface area (Å²) in [6, 6.07) is 10.4. The summed E-state index contributed by atoms with van der Waals surface area (Å²) in [5.74, 6) is -0.377. The summed E-state index contributed by atoms with van der Waals surface area (Å²) in [6.07, 6.45) is -0.575. The highest BCUT2D eigenvalue weighted by Crippen LogP contribution is 2.24. The van der Waals surface area contributed by atoms with Crippen LogP contribution in [-0.4, -0.2) is 11.7 Å². The van der Waals surface area contributed by atoms with E-state index in [1.165, 1.54) is 29.3 Å². The minimum Gasteiger partial charge on any atom is -0.444 e. The van der Waals surface area contributed by atoms with Gasteiger partial charge in [-0.05, 0) is 58.4 Å². The van der Waals surface area contributed by atoms with Gasteiger partial charge in [-0.25, -0.2) is 9.18 Å². The van der Waals surface area contributed by atoms with Crippen molar-refractivity contribution in [3.63, 3.8) is 0 Å². The smallest absolute Gasteiger partial charge is 0.412 e. The van der Waals surface area contributed by atoms with Gasteiger partial charge in [0, 0.05) is 6.54 Å². The number of anilines is 2. The second kappa shape index (κ2) is 7.55. The minimum absolute atomic E-state index is 0.377. The summed E-state index contributed by atoms with van der Waals surface area (Å²) < 4.78 is 18.9. The molecular formula is C20H25FN2O2. The molecule has 0 bridgehead atoms. The van der Waals surface area contributed by atoms with E-state index < -0.39 is 11.7 Å². The Bertz CT molecular complexity index is 747. The van der Waals surface area contributed by atoms with Crippen LogP contribution in [0.3, 0.4) is 0 Å². The van der Waals surface area contributed by atoms with Crippen molar-refractivity contribution in [2.24, 2.45) is 0 Å². The predicted octanol–water partition coefficient (Wildman–Crippen LogP) is 5.40. The molecule has 2 N–H and O–H groups in total.